The number of para-hydroxylation sites is 1. The summed E-state index contributed by atoms with van der Waals surface area (Å²) < 4.78 is 26.9. The third-order valence-electron chi connectivity index (χ3n) is 3.82. The normalized spacial score (nSPS) is 24.0. The first-order valence-corrected chi connectivity index (χ1v) is 8.00. The van der Waals surface area contributed by atoms with Crippen LogP contribution in [0.3, 0.4) is 0 Å². The van der Waals surface area contributed by atoms with Crippen LogP contribution in [0.15, 0.2) is 24.3 Å². The second-order valence-electron chi connectivity index (χ2n) is 4.96. The number of rotatable bonds is 2. The molecule has 18 heavy (non-hydrogen) atoms. The molecule has 1 aromatic rings. The SMILES string of the molecule is O=S(=O)(C1CCCNC1)N1CCc2ccccc21. The number of fused-ring (bicyclic) bond motifs is 1. The average molecular weight is 266 g/mol. The minimum atomic E-state index is -3.20. The van der Waals surface area contributed by atoms with Gasteiger partial charge in [-0.15, -0.1) is 0 Å². The van der Waals surface area contributed by atoms with E-state index in [1.165, 1.54) is 0 Å². The average Bonchev–Trinajstić information content (AvgIpc) is 2.84. The van der Waals surface area contributed by atoms with Crippen LogP contribution in [0.5, 0.6) is 0 Å². The Morgan fingerprint density at radius 1 is 1.28 bits per heavy atom. The highest BCUT2D eigenvalue weighted by molar-refractivity contribution is 7.93. The molecule has 4 nitrogen and oxygen atoms in total. The number of piperidine rings is 1. The molecule has 3 rings (SSSR count). The molecule has 5 heteroatoms. The van der Waals surface area contributed by atoms with E-state index >= 15 is 0 Å². The maximum Gasteiger partial charge on any atom is 0.239 e. The predicted molar refractivity (Wildman–Crippen MR) is 72.3 cm³/mol. The van der Waals surface area contributed by atoms with Crippen LogP contribution in [0.2, 0.25) is 0 Å². The minimum absolute atomic E-state index is 0.266. The van der Waals surface area contributed by atoms with Gasteiger partial charge in [0.1, 0.15) is 0 Å². The highest BCUT2D eigenvalue weighted by atomic mass is 32.2. The first kappa shape index (κ1) is 12.0. The van der Waals surface area contributed by atoms with E-state index in [0.717, 1.165) is 37.1 Å². The number of benzene rings is 1. The molecule has 0 radical (unpaired) electrons. The lowest BCUT2D eigenvalue weighted by Gasteiger charge is -2.29. The Labute approximate surface area is 108 Å². The Kier molecular flexibility index (Phi) is 3.03. The maximum atomic E-state index is 12.6. The standard InChI is InChI=1S/C13H18N2O2S/c16-18(17,12-5-3-8-14-10-12)15-9-7-11-4-1-2-6-13(11)15/h1-2,4,6,12,14H,3,5,7-10H2. The van der Waals surface area contributed by atoms with E-state index in [4.69, 9.17) is 0 Å². The van der Waals surface area contributed by atoms with Gasteiger partial charge in [0.05, 0.1) is 10.9 Å². The summed E-state index contributed by atoms with van der Waals surface area (Å²) >= 11 is 0. The second-order valence-corrected chi connectivity index (χ2v) is 7.10. The summed E-state index contributed by atoms with van der Waals surface area (Å²) in [6.07, 6.45) is 2.54. The van der Waals surface area contributed by atoms with Gasteiger partial charge in [-0.3, -0.25) is 4.31 Å². The van der Waals surface area contributed by atoms with Gasteiger partial charge in [0.15, 0.2) is 0 Å². The molecule has 2 aliphatic heterocycles. The molecule has 0 saturated carbocycles. The molecule has 2 aliphatic rings. The summed E-state index contributed by atoms with van der Waals surface area (Å²) in [4.78, 5) is 0. The van der Waals surface area contributed by atoms with Crippen LogP contribution in [0.1, 0.15) is 18.4 Å². The summed E-state index contributed by atoms with van der Waals surface area (Å²) in [5.41, 5.74) is 2.02. The van der Waals surface area contributed by atoms with Crippen molar-refractivity contribution in [3.63, 3.8) is 0 Å². The van der Waals surface area contributed by atoms with Gasteiger partial charge in [-0.25, -0.2) is 8.42 Å². The van der Waals surface area contributed by atoms with Crippen molar-refractivity contribution in [1.29, 1.82) is 0 Å². The van der Waals surface area contributed by atoms with Crippen LogP contribution >= 0.6 is 0 Å². The van der Waals surface area contributed by atoms with Gasteiger partial charge in [-0.1, -0.05) is 18.2 Å². The van der Waals surface area contributed by atoms with Gasteiger partial charge < -0.3 is 5.32 Å². The van der Waals surface area contributed by atoms with Crippen molar-refractivity contribution in [2.45, 2.75) is 24.5 Å². The van der Waals surface area contributed by atoms with Crippen LogP contribution < -0.4 is 9.62 Å². The zero-order valence-corrected chi connectivity index (χ0v) is 11.1. The molecule has 1 aromatic carbocycles. The molecular weight excluding hydrogens is 248 g/mol. The fraction of sp³-hybridized carbons (Fsp3) is 0.538. The lowest BCUT2D eigenvalue weighted by molar-refractivity contribution is 0.495. The smallest absolute Gasteiger partial charge is 0.239 e. The van der Waals surface area contributed by atoms with Crippen molar-refractivity contribution in [1.82, 2.24) is 5.32 Å². The van der Waals surface area contributed by atoms with E-state index in [9.17, 15) is 8.42 Å². The molecule has 2 heterocycles. The molecule has 0 spiro atoms. The van der Waals surface area contributed by atoms with Crippen molar-refractivity contribution in [2.75, 3.05) is 23.9 Å². The van der Waals surface area contributed by atoms with Crippen molar-refractivity contribution < 1.29 is 8.42 Å². The van der Waals surface area contributed by atoms with Crippen LogP contribution in [0.4, 0.5) is 5.69 Å². The van der Waals surface area contributed by atoms with Crippen LogP contribution in [0, 0.1) is 0 Å². The monoisotopic (exact) mass is 266 g/mol. The first-order chi connectivity index (χ1) is 8.69. The Balaban J connectivity index is 1.91. The first-order valence-electron chi connectivity index (χ1n) is 6.50. The predicted octanol–water partition coefficient (Wildman–Crippen LogP) is 1.13. The van der Waals surface area contributed by atoms with Crippen molar-refractivity contribution in [3.05, 3.63) is 29.8 Å². The van der Waals surface area contributed by atoms with Crippen LogP contribution in [-0.2, 0) is 16.4 Å². The molecule has 0 aromatic heterocycles. The summed E-state index contributed by atoms with van der Waals surface area (Å²) in [7, 11) is -3.20. The van der Waals surface area contributed by atoms with E-state index in [2.05, 4.69) is 5.32 Å². The van der Waals surface area contributed by atoms with Crippen LogP contribution in [0.25, 0.3) is 0 Å². The van der Waals surface area contributed by atoms with E-state index in [-0.39, 0.29) is 5.25 Å². The van der Waals surface area contributed by atoms with Gasteiger partial charge in [0, 0.05) is 13.1 Å². The minimum Gasteiger partial charge on any atom is -0.315 e. The highest BCUT2D eigenvalue weighted by Crippen LogP contribution is 2.32. The van der Waals surface area contributed by atoms with E-state index in [1.54, 1.807) is 4.31 Å². The molecule has 0 aliphatic carbocycles. The fourth-order valence-corrected chi connectivity index (χ4v) is 4.78. The van der Waals surface area contributed by atoms with Gasteiger partial charge in [0.25, 0.3) is 0 Å². The Morgan fingerprint density at radius 3 is 2.89 bits per heavy atom. The van der Waals surface area contributed by atoms with Gasteiger partial charge in [-0.2, -0.15) is 0 Å². The molecule has 0 amide bonds. The second kappa shape index (κ2) is 4.55. The Bertz CT molecular complexity index is 536. The third-order valence-corrected chi connectivity index (χ3v) is 6.06. The maximum absolute atomic E-state index is 12.6. The van der Waals surface area contributed by atoms with Crippen LogP contribution in [-0.4, -0.2) is 33.3 Å². The number of hydrogen-bond acceptors (Lipinski definition) is 3. The van der Waals surface area contributed by atoms with Crippen molar-refractivity contribution in [2.24, 2.45) is 0 Å². The summed E-state index contributed by atoms with van der Waals surface area (Å²) in [6, 6.07) is 7.81. The number of anilines is 1. The molecular formula is C13H18N2O2S. The molecule has 1 N–H and O–H groups in total. The topological polar surface area (TPSA) is 49.4 Å². The third kappa shape index (κ3) is 1.91. The molecule has 1 atom stereocenters. The zero-order chi connectivity index (χ0) is 12.6. The Morgan fingerprint density at radius 2 is 2.11 bits per heavy atom. The fourth-order valence-electron chi connectivity index (χ4n) is 2.83. The zero-order valence-electron chi connectivity index (χ0n) is 10.3. The summed E-state index contributed by atoms with van der Waals surface area (Å²) in [6.45, 7) is 2.11. The summed E-state index contributed by atoms with van der Waals surface area (Å²) in [5.74, 6) is 0. The Hall–Kier alpha value is -1.07. The van der Waals surface area contributed by atoms with E-state index in [1.807, 2.05) is 24.3 Å². The summed E-state index contributed by atoms with van der Waals surface area (Å²) in [5, 5.41) is 2.92. The van der Waals surface area contributed by atoms with Crippen molar-refractivity contribution in [3.8, 4) is 0 Å². The molecule has 1 fully saturated rings. The van der Waals surface area contributed by atoms with Gasteiger partial charge >= 0.3 is 0 Å². The van der Waals surface area contributed by atoms with Crippen molar-refractivity contribution >= 4 is 15.7 Å². The molecule has 1 saturated heterocycles. The molecule has 98 valence electrons. The lowest BCUT2D eigenvalue weighted by atomic mass is 10.2. The quantitative estimate of drug-likeness (QED) is 0.873. The van der Waals surface area contributed by atoms with E-state index < -0.39 is 10.0 Å². The van der Waals surface area contributed by atoms with Gasteiger partial charge in [0.2, 0.25) is 10.0 Å². The number of nitrogens with zero attached hydrogens (tertiary/aromatic N) is 1. The number of sulfonamides is 1. The molecule has 1 unspecified atom stereocenters. The largest absolute Gasteiger partial charge is 0.315 e. The molecule has 0 bridgehead atoms. The lowest BCUT2D eigenvalue weighted by Crippen LogP contribution is -2.45. The highest BCUT2D eigenvalue weighted by Gasteiger charge is 2.36. The van der Waals surface area contributed by atoms with Gasteiger partial charge in [-0.05, 0) is 37.4 Å². The number of nitrogens with one attached hydrogen (secondary N) is 1. The number of hydrogen-bond donors (Lipinski definition) is 1. The van der Waals surface area contributed by atoms with E-state index in [0.29, 0.717) is 13.1 Å².